The van der Waals surface area contributed by atoms with Crippen molar-refractivity contribution in [2.24, 2.45) is 11.8 Å². The summed E-state index contributed by atoms with van der Waals surface area (Å²) in [7, 11) is 1.85. The van der Waals surface area contributed by atoms with E-state index in [1.807, 2.05) is 7.11 Å². The highest BCUT2D eigenvalue weighted by molar-refractivity contribution is 6.52. The van der Waals surface area contributed by atoms with Crippen LogP contribution < -0.4 is 0 Å². The molecule has 2 unspecified atom stereocenters. The first kappa shape index (κ1) is 11.1. The van der Waals surface area contributed by atoms with Crippen molar-refractivity contribution in [3.63, 3.8) is 0 Å². The van der Waals surface area contributed by atoms with Crippen LogP contribution >= 0.6 is 0 Å². The molecule has 1 aromatic rings. The van der Waals surface area contributed by atoms with E-state index in [-0.39, 0.29) is 0 Å². The molecule has 1 aliphatic heterocycles. The molecule has 1 fully saturated rings. The molecule has 88 valence electrons. The van der Waals surface area contributed by atoms with Gasteiger partial charge in [0.05, 0.1) is 0 Å². The van der Waals surface area contributed by atoms with Crippen molar-refractivity contribution in [3.8, 4) is 0 Å². The van der Waals surface area contributed by atoms with Gasteiger partial charge in [-0.15, -0.1) is 0 Å². The van der Waals surface area contributed by atoms with Crippen LogP contribution in [-0.2, 0) is 4.65 Å². The normalized spacial score (nSPS) is 27.8. The maximum absolute atomic E-state index is 5.54. The monoisotopic (exact) mass is 226 g/mol. The third-order valence-electron chi connectivity index (χ3n) is 4.22. The summed E-state index contributed by atoms with van der Waals surface area (Å²) in [6.45, 7) is 0.493. The lowest BCUT2D eigenvalue weighted by Gasteiger charge is -2.36. The van der Waals surface area contributed by atoms with Crippen molar-refractivity contribution in [1.82, 2.24) is 0 Å². The molecule has 2 aliphatic rings. The van der Waals surface area contributed by atoms with Gasteiger partial charge in [0.1, 0.15) is 0 Å². The van der Waals surface area contributed by atoms with Crippen molar-refractivity contribution >= 4 is 12.5 Å². The minimum atomic E-state index is 0.493. The summed E-state index contributed by atoms with van der Waals surface area (Å²) >= 11 is 0. The fourth-order valence-electron chi connectivity index (χ4n) is 3.45. The lowest BCUT2D eigenvalue weighted by molar-refractivity contribution is 0.349. The zero-order valence-electron chi connectivity index (χ0n) is 10.4. The number of rotatable bonds is 2. The minimum absolute atomic E-state index is 0.493. The van der Waals surface area contributed by atoms with Gasteiger partial charge in [0, 0.05) is 7.11 Å². The van der Waals surface area contributed by atoms with E-state index < -0.39 is 0 Å². The van der Waals surface area contributed by atoms with Crippen LogP contribution in [-0.4, -0.2) is 14.0 Å². The summed E-state index contributed by atoms with van der Waals surface area (Å²) in [5, 5.41) is 0. The van der Waals surface area contributed by atoms with Crippen molar-refractivity contribution in [2.45, 2.75) is 25.5 Å². The Morgan fingerprint density at radius 1 is 1.18 bits per heavy atom. The van der Waals surface area contributed by atoms with Gasteiger partial charge in [0.2, 0.25) is 0 Å². The summed E-state index contributed by atoms with van der Waals surface area (Å²) < 4.78 is 5.54. The topological polar surface area (TPSA) is 9.23 Å². The Morgan fingerprint density at radius 3 is 2.71 bits per heavy atom. The van der Waals surface area contributed by atoms with Gasteiger partial charge in [-0.2, -0.15) is 0 Å². The first-order chi connectivity index (χ1) is 8.35. The maximum Gasteiger partial charge on any atom is 0.293 e. The molecule has 1 aliphatic carbocycles. The molecule has 1 aromatic carbocycles. The smallest absolute Gasteiger partial charge is 0.293 e. The van der Waals surface area contributed by atoms with E-state index >= 15 is 0 Å². The van der Waals surface area contributed by atoms with Crippen LogP contribution in [0.4, 0.5) is 0 Å². The lowest BCUT2D eigenvalue weighted by Crippen LogP contribution is -2.32. The molecule has 0 spiro atoms. The first-order valence-corrected chi connectivity index (χ1v) is 6.64. The van der Waals surface area contributed by atoms with Gasteiger partial charge in [0.15, 0.2) is 0 Å². The van der Waals surface area contributed by atoms with Crippen LogP contribution in [0.1, 0.15) is 18.4 Å². The van der Waals surface area contributed by atoms with Gasteiger partial charge in [-0.3, -0.25) is 0 Å². The van der Waals surface area contributed by atoms with Crippen molar-refractivity contribution in [2.75, 3.05) is 7.11 Å². The molecule has 0 radical (unpaired) electrons. The van der Waals surface area contributed by atoms with Crippen LogP contribution in [0, 0.1) is 11.8 Å². The second-order valence-electron chi connectivity index (χ2n) is 5.45. The third-order valence-corrected chi connectivity index (χ3v) is 4.22. The predicted molar refractivity (Wildman–Crippen MR) is 73.0 cm³/mol. The summed E-state index contributed by atoms with van der Waals surface area (Å²) in [4.78, 5) is 0. The Morgan fingerprint density at radius 2 is 2.00 bits per heavy atom. The Balaban J connectivity index is 1.83. The lowest BCUT2D eigenvalue weighted by atomic mass is 9.47. The van der Waals surface area contributed by atoms with Crippen LogP contribution in [0.25, 0.3) is 5.57 Å². The number of hydrogen-bond donors (Lipinski definition) is 0. The van der Waals surface area contributed by atoms with E-state index in [0.29, 0.717) is 6.92 Å². The first-order valence-electron chi connectivity index (χ1n) is 6.64. The van der Waals surface area contributed by atoms with E-state index in [0.717, 1.165) is 11.8 Å². The molecule has 1 saturated heterocycles. The molecule has 0 aromatic heterocycles. The SMILES string of the molecule is COB1CC2C=C(c3ccccc3)CC(C1)C2. The second kappa shape index (κ2) is 4.69. The molecule has 2 heteroatoms. The summed E-state index contributed by atoms with van der Waals surface area (Å²) in [6, 6.07) is 10.8. The van der Waals surface area contributed by atoms with Crippen LogP contribution in [0.2, 0.25) is 12.6 Å². The molecule has 0 amide bonds. The highest BCUT2D eigenvalue weighted by atomic mass is 16.4. The van der Waals surface area contributed by atoms with Crippen LogP contribution in [0.5, 0.6) is 0 Å². The van der Waals surface area contributed by atoms with Gasteiger partial charge in [-0.1, -0.05) is 36.4 Å². The van der Waals surface area contributed by atoms with Crippen molar-refractivity contribution in [3.05, 3.63) is 42.0 Å². The molecule has 0 N–H and O–H groups in total. The fraction of sp³-hybridized carbons (Fsp3) is 0.467. The van der Waals surface area contributed by atoms with Gasteiger partial charge in [-0.05, 0) is 48.5 Å². The van der Waals surface area contributed by atoms with Crippen LogP contribution in [0.3, 0.4) is 0 Å². The van der Waals surface area contributed by atoms with Gasteiger partial charge in [-0.25, -0.2) is 0 Å². The van der Waals surface area contributed by atoms with Crippen molar-refractivity contribution < 1.29 is 4.65 Å². The van der Waals surface area contributed by atoms with E-state index in [9.17, 15) is 0 Å². The molecule has 0 saturated carbocycles. The largest absolute Gasteiger partial charge is 0.438 e. The Labute approximate surface area is 104 Å². The highest BCUT2D eigenvalue weighted by Crippen LogP contribution is 2.42. The second-order valence-corrected chi connectivity index (χ2v) is 5.45. The molecular weight excluding hydrogens is 207 g/mol. The number of benzene rings is 1. The molecule has 2 bridgehead atoms. The average Bonchev–Trinajstić information content (AvgIpc) is 2.38. The van der Waals surface area contributed by atoms with Gasteiger partial charge < -0.3 is 4.65 Å². The molecular formula is C15H19BO. The Bertz CT molecular complexity index is 412. The quantitative estimate of drug-likeness (QED) is 0.698. The van der Waals surface area contributed by atoms with E-state index in [1.165, 1.54) is 31.0 Å². The number of hydrogen-bond acceptors (Lipinski definition) is 1. The summed E-state index contributed by atoms with van der Waals surface area (Å²) in [6.07, 6.45) is 7.56. The van der Waals surface area contributed by atoms with Gasteiger partial charge in [0.25, 0.3) is 6.92 Å². The van der Waals surface area contributed by atoms with Gasteiger partial charge >= 0.3 is 0 Å². The van der Waals surface area contributed by atoms with Crippen molar-refractivity contribution in [1.29, 1.82) is 0 Å². The average molecular weight is 226 g/mol. The minimum Gasteiger partial charge on any atom is -0.438 e. The molecule has 17 heavy (non-hydrogen) atoms. The third kappa shape index (κ3) is 2.32. The predicted octanol–water partition coefficient (Wildman–Crippen LogP) is 3.75. The fourth-order valence-corrected chi connectivity index (χ4v) is 3.45. The summed E-state index contributed by atoms with van der Waals surface area (Å²) in [5.41, 5.74) is 2.97. The zero-order chi connectivity index (χ0) is 11.7. The molecule has 1 heterocycles. The zero-order valence-corrected chi connectivity index (χ0v) is 10.4. The number of allylic oxidation sites excluding steroid dienone is 2. The summed E-state index contributed by atoms with van der Waals surface area (Å²) in [5.74, 6) is 1.57. The van der Waals surface area contributed by atoms with Crippen LogP contribution in [0.15, 0.2) is 36.4 Å². The molecule has 1 nitrogen and oxygen atoms in total. The van der Waals surface area contributed by atoms with E-state index in [1.54, 1.807) is 5.57 Å². The Hall–Kier alpha value is -1.02. The highest BCUT2D eigenvalue weighted by Gasteiger charge is 2.34. The Kier molecular flexibility index (Phi) is 3.06. The van der Waals surface area contributed by atoms with E-state index in [2.05, 4.69) is 36.4 Å². The standard InChI is InChI=1S/C15H19BO/c1-17-16-10-12-7-13(11-16)9-15(8-12)14-5-3-2-4-6-14/h2-6,8,12-13H,7,9-11H2,1H3. The molecule has 2 atom stereocenters. The van der Waals surface area contributed by atoms with E-state index in [4.69, 9.17) is 4.65 Å². The number of fused-ring (bicyclic) bond motifs is 2. The maximum atomic E-state index is 5.54. The molecule has 3 rings (SSSR count).